The second-order valence-corrected chi connectivity index (χ2v) is 7.24. The summed E-state index contributed by atoms with van der Waals surface area (Å²) in [5, 5.41) is 3.36. The van der Waals surface area contributed by atoms with Crippen molar-refractivity contribution in [3.8, 4) is 0 Å². The number of benzene rings is 1. The second kappa shape index (κ2) is 7.80. The van der Waals surface area contributed by atoms with Gasteiger partial charge in [-0.1, -0.05) is 30.3 Å². The van der Waals surface area contributed by atoms with Gasteiger partial charge in [-0.05, 0) is 25.0 Å². The van der Waals surface area contributed by atoms with Crippen molar-refractivity contribution in [2.75, 3.05) is 13.7 Å². The largest absolute Gasteiger partial charge is 0.383 e. The summed E-state index contributed by atoms with van der Waals surface area (Å²) in [4.78, 5) is 33.5. The van der Waals surface area contributed by atoms with Crippen molar-refractivity contribution in [3.63, 3.8) is 0 Å². The number of fused-ring (bicyclic) bond motifs is 1. The Balaban J connectivity index is 1.93. The molecule has 0 aliphatic carbocycles. The highest BCUT2D eigenvalue weighted by Crippen LogP contribution is 2.27. The molecule has 26 heavy (non-hydrogen) atoms. The monoisotopic (exact) mass is 371 g/mol. The van der Waals surface area contributed by atoms with E-state index in [2.05, 4.69) is 15.3 Å². The van der Waals surface area contributed by atoms with Gasteiger partial charge in [0.15, 0.2) is 0 Å². The van der Waals surface area contributed by atoms with E-state index < -0.39 is 0 Å². The predicted octanol–water partition coefficient (Wildman–Crippen LogP) is 2.65. The molecular weight excluding hydrogens is 350 g/mol. The fraction of sp³-hybridized carbons (Fsp3) is 0.316. The molecule has 0 saturated carbocycles. The molecule has 0 fully saturated rings. The van der Waals surface area contributed by atoms with E-state index in [0.717, 1.165) is 5.56 Å². The van der Waals surface area contributed by atoms with Crippen molar-refractivity contribution in [2.24, 2.45) is 0 Å². The van der Waals surface area contributed by atoms with Crippen LogP contribution in [0.1, 0.15) is 33.5 Å². The zero-order valence-electron chi connectivity index (χ0n) is 15.0. The van der Waals surface area contributed by atoms with Crippen LogP contribution < -0.4 is 10.9 Å². The molecule has 0 radical (unpaired) electrons. The average molecular weight is 371 g/mol. The molecule has 3 rings (SSSR count). The third-order valence-corrected chi connectivity index (χ3v) is 5.25. The summed E-state index contributed by atoms with van der Waals surface area (Å²) in [6, 6.07) is 9.70. The molecule has 2 heterocycles. The first-order valence-electron chi connectivity index (χ1n) is 8.35. The third kappa shape index (κ3) is 3.84. The lowest BCUT2D eigenvalue weighted by atomic mass is 10.1. The number of aromatic nitrogens is 2. The number of nitrogens with one attached hydrogen (secondary N) is 2. The quantitative estimate of drug-likeness (QED) is 0.698. The fourth-order valence-corrected chi connectivity index (χ4v) is 3.96. The number of aryl methyl sites for hydroxylation is 1. The summed E-state index contributed by atoms with van der Waals surface area (Å²) in [6.45, 7) is 4.07. The van der Waals surface area contributed by atoms with Crippen LogP contribution in [0, 0.1) is 6.92 Å². The Bertz CT molecular complexity index is 979. The van der Waals surface area contributed by atoms with E-state index in [4.69, 9.17) is 4.74 Å². The van der Waals surface area contributed by atoms with Gasteiger partial charge in [-0.15, -0.1) is 11.3 Å². The van der Waals surface area contributed by atoms with Crippen molar-refractivity contribution in [1.29, 1.82) is 0 Å². The fourth-order valence-electron chi connectivity index (χ4n) is 2.86. The molecule has 0 spiro atoms. The molecule has 0 unspecified atom stereocenters. The molecule has 136 valence electrons. The Morgan fingerprint density at radius 3 is 2.77 bits per heavy atom. The third-order valence-electron chi connectivity index (χ3n) is 4.06. The van der Waals surface area contributed by atoms with E-state index in [9.17, 15) is 9.59 Å². The Labute approximate surface area is 155 Å². The summed E-state index contributed by atoms with van der Waals surface area (Å²) in [5.74, 6) is 0.383. The van der Waals surface area contributed by atoms with Crippen LogP contribution in [0.25, 0.3) is 10.2 Å². The van der Waals surface area contributed by atoms with E-state index in [-0.39, 0.29) is 17.5 Å². The number of H-pyrrole nitrogens is 1. The molecular formula is C19H21N3O3S. The van der Waals surface area contributed by atoms with Crippen LogP contribution >= 0.6 is 11.3 Å². The van der Waals surface area contributed by atoms with Gasteiger partial charge >= 0.3 is 0 Å². The van der Waals surface area contributed by atoms with Gasteiger partial charge in [0.05, 0.1) is 16.9 Å². The molecule has 6 nitrogen and oxygen atoms in total. The van der Waals surface area contributed by atoms with Crippen LogP contribution in [0.4, 0.5) is 0 Å². The van der Waals surface area contributed by atoms with E-state index in [0.29, 0.717) is 39.5 Å². The van der Waals surface area contributed by atoms with E-state index in [1.54, 1.807) is 14.0 Å². The van der Waals surface area contributed by atoms with Gasteiger partial charge in [0.1, 0.15) is 10.7 Å². The number of ether oxygens (including phenoxy) is 1. The topological polar surface area (TPSA) is 84.1 Å². The van der Waals surface area contributed by atoms with Crippen molar-refractivity contribution >= 4 is 27.5 Å². The first-order chi connectivity index (χ1) is 12.5. The number of thiophene rings is 1. The summed E-state index contributed by atoms with van der Waals surface area (Å²) >= 11 is 1.25. The lowest BCUT2D eigenvalue weighted by Gasteiger charge is -2.11. The molecule has 0 aliphatic rings. The molecule has 0 saturated heterocycles. The van der Waals surface area contributed by atoms with Crippen LogP contribution in [-0.2, 0) is 11.2 Å². The summed E-state index contributed by atoms with van der Waals surface area (Å²) in [5.41, 5.74) is 1.51. The highest BCUT2D eigenvalue weighted by atomic mass is 32.1. The minimum absolute atomic E-state index is 0.114. The van der Waals surface area contributed by atoms with Crippen LogP contribution in [0.2, 0.25) is 0 Å². The van der Waals surface area contributed by atoms with Gasteiger partial charge in [0.25, 0.3) is 11.5 Å². The molecule has 1 amide bonds. The van der Waals surface area contributed by atoms with Crippen LogP contribution in [-0.4, -0.2) is 35.6 Å². The molecule has 7 heteroatoms. The van der Waals surface area contributed by atoms with Gasteiger partial charge < -0.3 is 15.0 Å². The maximum Gasteiger partial charge on any atom is 0.262 e. The van der Waals surface area contributed by atoms with Gasteiger partial charge in [0, 0.05) is 19.6 Å². The number of amides is 1. The molecule has 3 aromatic rings. The van der Waals surface area contributed by atoms with Crippen molar-refractivity contribution in [3.05, 3.63) is 62.5 Å². The van der Waals surface area contributed by atoms with Crippen molar-refractivity contribution in [2.45, 2.75) is 26.3 Å². The number of nitrogens with zero attached hydrogens (tertiary/aromatic N) is 1. The van der Waals surface area contributed by atoms with Gasteiger partial charge in [-0.3, -0.25) is 9.59 Å². The Morgan fingerprint density at radius 2 is 2.08 bits per heavy atom. The van der Waals surface area contributed by atoms with E-state index in [1.807, 2.05) is 37.3 Å². The minimum Gasteiger partial charge on any atom is -0.383 e. The molecule has 0 bridgehead atoms. The second-order valence-electron chi connectivity index (χ2n) is 6.24. The van der Waals surface area contributed by atoms with Crippen LogP contribution in [0.5, 0.6) is 0 Å². The van der Waals surface area contributed by atoms with Crippen LogP contribution in [0.3, 0.4) is 0 Å². The summed E-state index contributed by atoms with van der Waals surface area (Å²) in [6.07, 6.45) is 0.537. The molecule has 0 aliphatic heterocycles. The molecule has 2 N–H and O–H groups in total. The van der Waals surface area contributed by atoms with E-state index >= 15 is 0 Å². The maximum atomic E-state index is 12.5. The molecule has 2 aromatic heterocycles. The Kier molecular flexibility index (Phi) is 5.49. The van der Waals surface area contributed by atoms with Gasteiger partial charge in [-0.2, -0.15) is 0 Å². The highest BCUT2D eigenvalue weighted by molar-refractivity contribution is 7.20. The number of aromatic amines is 1. The number of carbonyl (C=O) groups is 1. The normalized spacial score (nSPS) is 12.3. The number of hydrogen-bond donors (Lipinski definition) is 2. The van der Waals surface area contributed by atoms with Crippen molar-refractivity contribution in [1.82, 2.24) is 15.3 Å². The first kappa shape index (κ1) is 18.3. The lowest BCUT2D eigenvalue weighted by molar-refractivity contribution is 0.0909. The summed E-state index contributed by atoms with van der Waals surface area (Å²) in [7, 11) is 1.59. The number of carbonyl (C=O) groups excluding carboxylic acids is 1. The van der Waals surface area contributed by atoms with Crippen molar-refractivity contribution < 1.29 is 9.53 Å². The summed E-state index contributed by atoms with van der Waals surface area (Å²) < 4.78 is 5.04. The SMILES string of the molecule is COC[C@H](C)NC(=O)c1sc2nc(Cc3ccccc3)[nH]c(=O)c2c1C. The average Bonchev–Trinajstić information content (AvgIpc) is 2.93. The number of rotatable bonds is 6. The molecule has 1 aromatic carbocycles. The lowest BCUT2D eigenvalue weighted by Crippen LogP contribution is -2.35. The number of hydrogen-bond acceptors (Lipinski definition) is 5. The standard InChI is InChI=1S/C19H21N3O3S/c1-11(10-25-3)20-18(24)16-12(2)15-17(23)21-14(22-19(15)26-16)9-13-7-5-4-6-8-13/h4-8,11H,9-10H2,1-3H3,(H,20,24)(H,21,22,23)/t11-/m0/s1. The first-order valence-corrected chi connectivity index (χ1v) is 9.17. The zero-order chi connectivity index (χ0) is 18.7. The minimum atomic E-state index is -0.210. The predicted molar refractivity (Wildman–Crippen MR) is 103 cm³/mol. The maximum absolute atomic E-state index is 12.5. The van der Waals surface area contributed by atoms with Gasteiger partial charge in [-0.25, -0.2) is 4.98 Å². The Hall–Kier alpha value is -2.51. The Morgan fingerprint density at radius 1 is 1.35 bits per heavy atom. The smallest absolute Gasteiger partial charge is 0.262 e. The van der Waals surface area contributed by atoms with E-state index in [1.165, 1.54) is 11.3 Å². The zero-order valence-corrected chi connectivity index (χ0v) is 15.8. The van der Waals surface area contributed by atoms with Crippen LogP contribution in [0.15, 0.2) is 35.1 Å². The van der Waals surface area contributed by atoms with Gasteiger partial charge in [0.2, 0.25) is 0 Å². The number of methoxy groups -OCH3 is 1. The highest BCUT2D eigenvalue weighted by Gasteiger charge is 2.20. The molecule has 1 atom stereocenters.